The van der Waals surface area contributed by atoms with Gasteiger partial charge < -0.3 is 16.0 Å². The SMILES string of the molecule is CN1CCC(Nc2c(N)cnc3ccc(Br)cc23)CC1. The van der Waals surface area contributed by atoms with Crippen molar-refractivity contribution >= 4 is 38.2 Å². The number of likely N-dealkylation sites (tertiary alicyclic amines) is 1. The molecule has 1 aromatic carbocycles. The molecule has 0 atom stereocenters. The molecule has 0 aliphatic carbocycles. The van der Waals surface area contributed by atoms with Gasteiger partial charge >= 0.3 is 0 Å². The molecule has 1 aliphatic rings. The van der Waals surface area contributed by atoms with Gasteiger partial charge in [0.05, 0.1) is 23.1 Å². The number of aromatic nitrogens is 1. The molecule has 20 heavy (non-hydrogen) atoms. The molecule has 3 rings (SSSR count). The van der Waals surface area contributed by atoms with Gasteiger partial charge in [-0.1, -0.05) is 15.9 Å². The first-order valence-corrected chi connectivity index (χ1v) is 7.71. The van der Waals surface area contributed by atoms with E-state index in [2.05, 4.69) is 44.2 Å². The minimum Gasteiger partial charge on any atom is -0.396 e. The highest BCUT2D eigenvalue weighted by Gasteiger charge is 2.18. The summed E-state index contributed by atoms with van der Waals surface area (Å²) >= 11 is 3.52. The highest BCUT2D eigenvalue weighted by molar-refractivity contribution is 9.10. The first kappa shape index (κ1) is 13.6. The van der Waals surface area contributed by atoms with Crippen molar-refractivity contribution in [2.45, 2.75) is 18.9 Å². The van der Waals surface area contributed by atoms with Crippen molar-refractivity contribution in [2.75, 3.05) is 31.2 Å². The highest BCUT2D eigenvalue weighted by atomic mass is 79.9. The van der Waals surface area contributed by atoms with Gasteiger partial charge in [-0.25, -0.2) is 0 Å². The number of halogens is 1. The van der Waals surface area contributed by atoms with Gasteiger partial charge in [0.1, 0.15) is 0 Å². The highest BCUT2D eigenvalue weighted by Crippen LogP contribution is 2.31. The number of pyridine rings is 1. The Bertz CT molecular complexity index is 615. The summed E-state index contributed by atoms with van der Waals surface area (Å²) in [5.74, 6) is 0. The van der Waals surface area contributed by atoms with Crippen LogP contribution in [0.25, 0.3) is 10.9 Å². The van der Waals surface area contributed by atoms with Gasteiger partial charge in [0.15, 0.2) is 0 Å². The summed E-state index contributed by atoms with van der Waals surface area (Å²) in [6.07, 6.45) is 4.04. The van der Waals surface area contributed by atoms with Crippen LogP contribution in [0.4, 0.5) is 11.4 Å². The molecule has 3 N–H and O–H groups in total. The third kappa shape index (κ3) is 2.74. The van der Waals surface area contributed by atoms with E-state index in [-0.39, 0.29) is 0 Å². The molecule has 5 heteroatoms. The molecular formula is C15H19BrN4. The fraction of sp³-hybridized carbons (Fsp3) is 0.400. The predicted molar refractivity (Wildman–Crippen MR) is 88.0 cm³/mol. The van der Waals surface area contributed by atoms with E-state index in [4.69, 9.17) is 5.73 Å². The maximum atomic E-state index is 6.13. The standard InChI is InChI=1S/C15H19BrN4/c1-20-6-4-11(5-7-20)19-15-12-8-10(16)2-3-14(12)18-9-13(15)17/h2-3,8-9,11H,4-7,17H2,1H3,(H,18,19). The quantitative estimate of drug-likeness (QED) is 0.886. The molecule has 2 aromatic rings. The predicted octanol–water partition coefficient (Wildman–Crippen LogP) is 3.09. The van der Waals surface area contributed by atoms with E-state index < -0.39 is 0 Å². The number of rotatable bonds is 2. The first-order chi connectivity index (χ1) is 9.63. The van der Waals surface area contributed by atoms with Gasteiger partial charge in [-0.3, -0.25) is 4.98 Å². The summed E-state index contributed by atoms with van der Waals surface area (Å²) in [6, 6.07) is 6.58. The van der Waals surface area contributed by atoms with E-state index >= 15 is 0 Å². The monoisotopic (exact) mass is 334 g/mol. The third-order valence-electron chi connectivity index (χ3n) is 3.93. The van der Waals surface area contributed by atoms with Gasteiger partial charge in [0.2, 0.25) is 0 Å². The third-order valence-corrected chi connectivity index (χ3v) is 4.42. The molecule has 0 radical (unpaired) electrons. The number of nitrogen functional groups attached to an aromatic ring is 1. The fourth-order valence-electron chi connectivity index (χ4n) is 2.70. The summed E-state index contributed by atoms with van der Waals surface area (Å²) in [6.45, 7) is 2.26. The maximum Gasteiger partial charge on any atom is 0.0743 e. The molecule has 1 fully saturated rings. The zero-order valence-corrected chi connectivity index (χ0v) is 13.2. The van der Waals surface area contributed by atoms with Crippen molar-refractivity contribution in [2.24, 2.45) is 0 Å². The van der Waals surface area contributed by atoms with Crippen molar-refractivity contribution in [3.8, 4) is 0 Å². The van der Waals surface area contributed by atoms with Crippen LogP contribution >= 0.6 is 15.9 Å². The lowest BCUT2D eigenvalue weighted by Crippen LogP contribution is -2.36. The lowest BCUT2D eigenvalue weighted by Gasteiger charge is -2.30. The van der Waals surface area contributed by atoms with Crippen molar-refractivity contribution in [3.05, 3.63) is 28.9 Å². The Morgan fingerprint density at radius 1 is 1.35 bits per heavy atom. The molecular weight excluding hydrogens is 316 g/mol. The number of nitrogens with two attached hydrogens (primary N) is 1. The molecule has 4 nitrogen and oxygen atoms in total. The van der Waals surface area contributed by atoms with Crippen LogP contribution in [0.1, 0.15) is 12.8 Å². The summed E-state index contributed by atoms with van der Waals surface area (Å²) < 4.78 is 1.05. The van der Waals surface area contributed by atoms with E-state index in [1.54, 1.807) is 6.20 Å². The number of anilines is 2. The lowest BCUT2D eigenvalue weighted by molar-refractivity contribution is 0.264. The zero-order chi connectivity index (χ0) is 14.1. The van der Waals surface area contributed by atoms with E-state index in [9.17, 15) is 0 Å². The topological polar surface area (TPSA) is 54.2 Å². The Hall–Kier alpha value is -1.33. The molecule has 1 aromatic heterocycles. The summed E-state index contributed by atoms with van der Waals surface area (Å²) in [5.41, 5.74) is 8.84. The molecule has 106 valence electrons. The lowest BCUT2D eigenvalue weighted by atomic mass is 10.0. The number of fused-ring (bicyclic) bond motifs is 1. The Labute approximate surface area is 127 Å². The van der Waals surface area contributed by atoms with Gasteiger partial charge in [-0.05, 0) is 51.2 Å². The van der Waals surface area contributed by atoms with Crippen LogP contribution < -0.4 is 11.1 Å². The fourth-order valence-corrected chi connectivity index (χ4v) is 3.06. The number of piperidine rings is 1. The van der Waals surface area contributed by atoms with Crippen LogP contribution in [-0.2, 0) is 0 Å². The van der Waals surface area contributed by atoms with Crippen LogP contribution in [0, 0.1) is 0 Å². The van der Waals surface area contributed by atoms with Crippen LogP contribution in [0.3, 0.4) is 0 Å². The minimum absolute atomic E-state index is 0.484. The van der Waals surface area contributed by atoms with Crippen molar-refractivity contribution in [3.63, 3.8) is 0 Å². The zero-order valence-electron chi connectivity index (χ0n) is 11.6. The number of nitrogens with one attached hydrogen (secondary N) is 1. The molecule has 1 aliphatic heterocycles. The molecule has 0 amide bonds. The number of hydrogen-bond acceptors (Lipinski definition) is 4. The largest absolute Gasteiger partial charge is 0.396 e. The second-order valence-corrected chi connectivity index (χ2v) is 6.39. The molecule has 0 spiro atoms. The summed E-state index contributed by atoms with van der Waals surface area (Å²) in [4.78, 5) is 6.76. The Morgan fingerprint density at radius 3 is 2.85 bits per heavy atom. The average molecular weight is 335 g/mol. The van der Waals surface area contributed by atoms with Crippen molar-refractivity contribution < 1.29 is 0 Å². The van der Waals surface area contributed by atoms with E-state index in [1.165, 1.54) is 0 Å². The van der Waals surface area contributed by atoms with Gasteiger partial charge in [0.25, 0.3) is 0 Å². The van der Waals surface area contributed by atoms with Crippen molar-refractivity contribution in [1.82, 2.24) is 9.88 Å². The second-order valence-electron chi connectivity index (χ2n) is 5.47. The maximum absolute atomic E-state index is 6.13. The first-order valence-electron chi connectivity index (χ1n) is 6.92. The molecule has 2 heterocycles. The Kier molecular flexibility index (Phi) is 3.81. The van der Waals surface area contributed by atoms with Gasteiger partial charge in [-0.15, -0.1) is 0 Å². The number of hydrogen-bond donors (Lipinski definition) is 2. The molecule has 1 saturated heterocycles. The molecule has 0 bridgehead atoms. The van der Waals surface area contributed by atoms with E-state index in [0.717, 1.165) is 52.7 Å². The van der Waals surface area contributed by atoms with E-state index in [1.807, 2.05) is 12.1 Å². The normalized spacial score (nSPS) is 17.5. The van der Waals surface area contributed by atoms with Crippen LogP contribution in [0.15, 0.2) is 28.9 Å². The smallest absolute Gasteiger partial charge is 0.0743 e. The van der Waals surface area contributed by atoms with Crippen LogP contribution in [0.5, 0.6) is 0 Å². The molecule has 0 saturated carbocycles. The summed E-state index contributed by atoms with van der Waals surface area (Å²) in [5, 5.41) is 4.71. The van der Waals surface area contributed by atoms with Gasteiger partial charge in [0, 0.05) is 15.9 Å². The van der Waals surface area contributed by atoms with Crippen molar-refractivity contribution in [1.29, 1.82) is 0 Å². The van der Waals surface area contributed by atoms with Gasteiger partial charge in [-0.2, -0.15) is 0 Å². The van der Waals surface area contributed by atoms with E-state index in [0.29, 0.717) is 6.04 Å². The minimum atomic E-state index is 0.484. The second kappa shape index (κ2) is 5.58. The molecule has 0 unspecified atom stereocenters. The number of nitrogens with zero attached hydrogens (tertiary/aromatic N) is 2. The average Bonchev–Trinajstić information content (AvgIpc) is 2.44. The van der Waals surface area contributed by atoms with Crippen LogP contribution in [-0.4, -0.2) is 36.1 Å². The number of benzene rings is 1. The van der Waals surface area contributed by atoms with Crippen LogP contribution in [0.2, 0.25) is 0 Å². The Balaban J connectivity index is 1.93. The summed E-state index contributed by atoms with van der Waals surface area (Å²) in [7, 11) is 2.17. The Morgan fingerprint density at radius 2 is 2.10 bits per heavy atom.